The third-order valence-corrected chi connectivity index (χ3v) is 6.42. The van der Waals surface area contributed by atoms with Crippen molar-refractivity contribution in [3.05, 3.63) is 82.9 Å². The van der Waals surface area contributed by atoms with Crippen molar-refractivity contribution in [2.24, 2.45) is 0 Å². The molecule has 0 saturated carbocycles. The number of anilines is 1. The summed E-state index contributed by atoms with van der Waals surface area (Å²) in [5, 5.41) is 9.78. The third-order valence-electron chi connectivity index (χ3n) is 6.09. The fraction of sp³-hybridized carbons (Fsp3) is 0.240. The van der Waals surface area contributed by atoms with E-state index in [1.807, 2.05) is 22.7 Å². The molecule has 0 radical (unpaired) electrons. The van der Waals surface area contributed by atoms with Gasteiger partial charge in [-0.15, -0.1) is 0 Å². The van der Waals surface area contributed by atoms with Crippen molar-refractivity contribution in [2.75, 3.05) is 18.9 Å². The predicted octanol–water partition coefficient (Wildman–Crippen LogP) is 4.12. The molecule has 0 spiro atoms. The van der Waals surface area contributed by atoms with Gasteiger partial charge in [0.1, 0.15) is 22.9 Å². The van der Waals surface area contributed by atoms with Crippen molar-refractivity contribution in [1.29, 1.82) is 0 Å². The zero-order valence-electron chi connectivity index (χ0n) is 17.8. The highest BCUT2D eigenvalue weighted by Gasteiger charge is 2.28. The number of imidazole rings is 1. The lowest BCUT2D eigenvalue weighted by molar-refractivity contribution is -0.0282. The number of fused-ring (bicyclic) bond motifs is 1. The Morgan fingerprint density at radius 3 is 2.67 bits per heavy atom. The molecule has 2 aromatic carbocycles. The molecule has 1 aliphatic rings. The second kappa shape index (κ2) is 8.94. The van der Waals surface area contributed by atoms with Crippen molar-refractivity contribution in [3.63, 3.8) is 0 Å². The number of nitrogens with two attached hydrogens (primary N) is 1. The monoisotopic (exact) mass is 462 g/mol. The highest BCUT2D eigenvalue weighted by Crippen LogP contribution is 2.34. The molecule has 1 fully saturated rings. The summed E-state index contributed by atoms with van der Waals surface area (Å²) < 4.78 is 7.75. The van der Waals surface area contributed by atoms with Gasteiger partial charge in [-0.25, -0.2) is 9.97 Å². The van der Waals surface area contributed by atoms with Gasteiger partial charge >= 0.3 is 0 Å². The zero-order chi connectivity index (χ0) is 22.9. The fourth-order valence-corrected chi connectivity index (χ4v) is 4.53. The van der Waals surface area contributed by atoms with E-state index >= 15 is 0 Å². The van der Waals surface area contributed by atoms with Crippen molar-refractivity contribution < 1.29 is 14.6 Å². The maximum absolute atomic E-state index is 12.9. The summed E-state index contributed by atoms with van der Waals surface area (Å²) in [6.07, 6.45) is 5.01. The van der Waals surface area contributed by atoms with Crippen LogP contribution in [0.5, 0.6) is 0 Å². The molecule has 3 heterocycles. The number of aromatic nitrogens is 3. The number of ketones is 1. The molecule has 3 N–H and O–H groups in total. The van der Waals surface area contributed by atoms with Crippen LogP contribution in [0.25, 0.3) is 16.8 Å². The van der Waals surface area contributed by atoms with Gasteiger partial charge in [0, 0.05) is 35.0 Å². The van der Waals surface area contributed by atoms with E-state index in [2.05, 4.69) is 4.98 Å². The average Bonchev–Trinajstić information content (AvgIpc) is 3.25. The second-order valence-electron chi connectivity index (χ2n) is 8.15. The highest BCUT2D eigenvalue weighted by atomic mass is 35.5. The van der Waals surface area contributed by atoms with Crippen LogP contribution in [0, 0.1) is 0 Å². The number of aliphatic hydroxyl groups is 1. The molecule has 33 heavy (non-hydrogen) atoms. The number of carbonyl (C=O) groups excluding carboxylic acids is 1. The molecule has 2 atom stereocenters. The molecule has 1 aliphatic heterocycles. The number of rotatable bonds is 5. The molecule has 0 bridgehead atoms. The van der Waals surface area contributed by atoms with Crippen LogP contribution in [0.1, 0.15) is 40.5 Å². The molecular weight excluding hydrogens is 440 g/mol. The number of ether oxygens (including phenoxy) is 1. The van der Waals surface area contributed by atoms with Crippen LogP contribution in [-0.2, 0) is 4.74 Å². The van der Waals surface area contributed by atoms with E-state index in [4.69, 9.17) is 27.1 Å². The van der Waals surface area contributed by atoms with Crippen LogP contribution in [0.15, 0.2) is 60.9 Å². The predicted molar refractivity (Wildman–Crippen MR) is 127 cm³/mol. The summed E-state index contributed by atoms with van der Waals surface area (Å²) in [5.74, 6) is 1.17. The molecule has 7 nitrogen and oxygen atoms in total. The lowest BCUT2D eigenvalue weighted by atomic mass is 9.98. The minimum atomic E-state index is -0.137. The standard InChI is InChI=1S/C25H23ClN4O3/c26-20-4-2-1-3-19(20)23(32)16-7-5-15(6-8-16)21-22-24(27)28-11-12-30(22)25(29-21)17-9-10-18(13-31)33-14-17/h1-8,11-12,17-18,31H,9-10,13-14H2,(H2,27,28). The normalized spacial score (nSPS) is 18.5. The van der Waals surface area contributed by atoms with Crippen LogP contribution in [0.4, 0.5) is 5.82 Å². The Labute approximate surface area is 195 Å². The molecule has 2 aromatic heterocycles. The first-order valence-corrected chi connectivity index (χ1v) is 11.2. The average molecular weight is 463 g/mol. The fourth-order valence-electron chi connectivity index (χ4n) is 4.31. The molecule has 8 heteroatoms. The van der Waals surface area contributed by atoms with Crippen molar-refractivity contribution in [1.82, 2.24) is 14.4 Å². The van der Waals surface area contributed by atoms with Gasteiger partial charge < -0.3 is 15.6 Å². The van der Waals surface area contributed by atoms with Gasteiger partial charge in [-0.2, -0.15) is 0 Å². The molecular formula is C25H23ClN4O3. The minimum Gasteiger partial charge on any atom is -0.394 e. The molecule has 0 amide bonds. The summed E-state index contributed by atoms with van der Waals surface area (Å²) in [7, 11) is 0. The summed E-state index contributed by atoms with van der Waals surface area (Å²) in [4.78, 5) is 22.1. The first kappa shape index (κ1) is 21.6. The van der Waals surface area contributed by atoms with E-state index in [9.17, 15) is 9.90 Å². The Bertz CT molecular complexity index is 1310. The van der Waals surface area contributed by atoms with Crippen molar-refractivity contribution >= 4 is 28.7 Å². The molecule has 2 unspecified atom stereocenters. The number of halogens is 1. The lowest BCUT2D eigenvalue weighted by Gasteiger charge is -2.27. The molecule has 5 rings (SSSR count). The zero-order valence-corrected chi connectivity index (χ0v) is 18.6. The first-order valence-electron chi connectivity index (χ1n) is 10.8. The number of nitrogens with zero attached hydrogens (tertiary/aromatic N) is 3. The topological polar surface area (TPSA) is 103 Å². The van der Waals surface area contributed by atoms with Gasteiger partial charge in [0.05, 0.1) is 24.3 Å². The Morgan fingerprint density at radius 2 is 1.97 bits per heavy atom. The van der Waals surface area contributed by atoms with E-state index in [-0.39, 0.29) is 24.4 Å². The number of nitrogen functional groups attached to an aromatic ring is 1. The van der Waals surface area contributed by atoms with Crippen LogP contribution in [0.2, 0.25) is 5.02 Å². The molecule has 168 valence electrons. The minimum absolute atomic E-state index is 0.0242. The maximum Gasteiger partial charge on any atom is 0.194 e. The lowest BCUT2D eigenvalue weighted by Crippen LogP contribution is -2.28. The maximum atomic E-state index is 12.9. The Hall–Kier alpha value is -3.26. The SMILES string of the molecule is Nc1nccn2c(C3CCC(CO)OC3)nc(-c3ccc(C(=O)c4ccccc4Cl)cc3)c12. The molecule has 4 aromatic rings. The van der Waals surface area contributed by atoms with Gasteiger partial charge in [0.2, 0.25) is 0 Å². The van der Waals surface area contributed by atoms with Crippen LogP contribution in [-0.4, -0.2) is 44.6 Å². The smallest absolute Gasteiger partial charge is 0.194 e. The Morgan fingerprint density at radius 1 is 1.18 bits per heavy atom. The summed E-state index contributed by atoms with van der Waals surface area (Å²) >= 11 is 6.20. The van der Waals surface area contributed by atoms with Crippen molar-refractivity contribution in [2.45, 2.75) is 24.9 Å². The summed E-state index contributed by atoms with van der Waals surface area (Å²) in [6, 6.07) is 14.3. The number of hydrogen-bond donors (Lipinski definition) is 2. The summed E-state index contributed by atoms with van der Waals surface area (Å²) in [6.45, 7) is 0.508. The summed E-state index contributed by atoms with van der Waals surface area (Å²) in [5.41, 5.74) is 9.51. The van der Waals surface area contributed by atoms with Gasteiger partial charge in [0.15, 0.2) is 5.78 Å². The van der Waals surface area contributed by atoms with Crippen LogP contribution < -0.4 is 5.73 Å². The third kappa shape index (κ3) is 3.99. The van der Waals surface area contributed by atoms with Crippen LogP contribution in [0.3, 0.4) is 0 Å². The van der Waals surface area contributed by atoms with Crippen molar-refractivity contribution in [3.8, 4) is 11.3 Å². The van der Waals surface area contributed by atoms with E-state index in [1.54, 1.807) is 42.6 Å². The highest BCUT2D eigenvalue weighted by molar-refractivity contribution is 6.35. The quantitative estimate of drug-likeness (QED) is 0.432. The van der Waals surface area contributed by atoms with E-state index < -0.39 is 0 Å². The van der Waals surface area contributed by atoms with E-state index in [0.29, 0.717) is 34.3 Å². The Kier molecular flexibility index (Phi) is 5.85. The van der Waals surface area contributed by atoms with Gasteiger partial charge in [-0.1, -0.05) is 48.0 Å². The van der Waals surface area contributed by atoms with E-state index in [0.717, 1.165) is 29.7 Å². The number of carbonyl (C=O) groups is 1. The van der Waals surface area contributed by atoms with Gasteiger partial charge in [-0.3, -0.25) is 9.20 Å². The molecule has 1 saturated heterocycles. The van der Waals surface area contributed by atoms with Crippen LogP contribution >= 0.6 is 11.6 Å². The largest absolute Gasteiger partial charge is 0.394 e. The number of aliphatic hydroxyl groups excluding tert-OH is 1. The Balaban J connectivity index is 1.51. The molecule has 0 aliphatic carbocycles. The number of benzene rings is 2. The van der Waals surface area contributed by atoms with E-state index in [1.165, 1.54) is 0 Å². The second-order valence-corrected chi connectivity index (χ2v) is 8.56. The number of hydrogen-bond acceptors (Lipinski definition) is 6. The first-order chi connectivity index (χ1) is 16.1. The van der Waals surface area contributed by atoms with Gasteiger partial charge in [-0.05, 0) is 25.0 Å². The van der Waals surface area contributed by atoms with Gasteiger partial charge in [0.25, 0.3) is 0 Å².